The summed E-state index contributed by atoms with van der Waals surface area (Å²) in [5.74, 6) is 1.37. The molecular weight excluding hydrogens is 257 g/mol. The van der Waals surface area contributed by atoms with Gasteiger partial charge in [-0.05, 0) is 37.5 Å². The van der Waals surface area contributed by atoms with Crippen molar-refractivity contribution < 1.29 is 13.9 Å². The van der Waals surface area contributed by atoms with Crippen molar-refractivity contribution in [3.8, 4) is 11.5 Å². The number of halogens is 1. The highest BCUT2D eigenvalue weighted by Crippen LogP contribution is 2.46. The van der Waals surface area contributed by atoms with Gasteiger partial charge in [-0.25, -0.2) is 4.39 Å². The highest BCUT2D eigenvalue weighted by atomic mass is 19.1. The van der Waals surface area contributed by atoms with Crippen molar-refractivity contribution >= 4 is 0 Å². The number of ether oxygens (including phenoxy) is 2. The van der Waals surface area contributed by atoms with E-state index < -0.39 is 11.7 Å². The monoisotopic (exact) mass is 279 g/mol. The molecule has 1 atom stereocenters. The summed E-state index contributed by atoms with van der Waals surface area (Å²) < 4.78 is 25.2. The van der Waals surface area contributed by atoms with Crippen molar-refractivity contribution in [3.63, 3.8) is 0 Å². The summed E-state index contributed by atoms with van der Waals surface area (Å²) in [6.07, 6.45) is 4.26. The first kappa shape index (κ1) is 13.7. The lowest BCUT2D eigenvalue weighted by molar-refractivity contribution is 0.163. The molecule has 0 bridgehead atoms. The van der Waals surface area contributed by atoms with Crippen LogP contribution in [-0.4, -0.2) is 13.2 Å². The molecule has 20 heavy (non-hydrogen) atoms. The van der Waals surface area contributed by atoms with E-state index in [9.17, 15) is 4.39 Å². The van der Waals surface area contributed by atoms with Gasteiger partial charge in [-0.2, -0.15) is 0 Å². The number of fused-ring (bicyclic) bond motifs is 1. The first-order valence-electron chi connectivity index (χ1n) is 7.47. The molecule has 3 rings (SSSR count). The fourth-order valence-corrected chi connectivity index (χ4v) is 3.23. The minimum Gasteiger partial charge on any atom is -0.486 e. The van der Waals surface area contributed by atoms with E-state index in [-0.39, 0.29) is 0 Å². The molecule has 1 heterocycles. The van der Waals surface area contributed by atoms with E-state index in [2.05, 4.69) is 0 Å². The van der Waals surface area contributed by atoms with E-state index in [4.69, 9.17) is 15.2 Å². The number of benzene rings is 1. The molecule has 1 aliphatic heterocycles. The maximum atomic E-state index is 13.7. The molecule has 1 aliphatic carbocycles. The highest BCUT2D eigenvalue weighted by Gasteiger charge is 2.35. The zero-order valence-corrected chi connectivity index (χ0v) is 12.0. The number of nitrogens with two attached hydrogens (primary N) is 1. The van der Waals surface area contributed by atoms with Crippen LogP contribution in [0.2, 0.25) is 0 Å². The van der Waals surface area contributed by atoms with Gasteiger partial charge in [-0.15, -0.1) is 0 Å². The van der Waals surface area contributed by atoms with E-state index >= 15 is 0 Å². The van der Waals surface area contributed by atoms with Crippen molar-refractivity contribution in [2.24, 2.45) is 5.73 Å². The van der Waals surface area contributed by atoms with Gasteiger partial charge in [0.15, 0.2) is 11.5 Å². The van der Waals surface area contributed by atoms with E-state index in [1.165, 1.54) is 6.42 Å². The normalized spacial score (nSPS) is 22.4. The summed E-state index contributed by atoms with van der Waals surface area (Å²) in [6.45, 7) is 2.58. The summed E-state index contributed by atoms with van der Waals surface area (Å²) in [5.41, 5.74) is 7.76. The Hall–Kier alpha value is -1.29. The number of alkyl halides is 1. The Kier molecular flexibility index (Phi) is 3.59. The van der Waals surface area contributed by atoms with Crippen LogP contribution >= 0.6 is 0 Å². The molecule has 1 aromatic carbocycles. The second-order valence-corrected chi connectivity index (χ2v) is 5.93. The summed E-state index contributed by atoms with van der Waals surface area (Å²) >= 11 is 0. The quantitative estimate of drug-likeness (QED) is 0.899. The second-order valence-electron chi connectivity index (χ2n) is 5.93. The molecule has 2 aliphatic rings. The van der Waals surface area contributed by atoms with E-state index in [0.717, 1.165) is 37.0 Å². The molecule has 110 valence electrons. The smallest absolute Gasteiger partial charge is 0.166 e. The van der Waals surface area contributed by atoms with Crippen LogP contribution < -0.4 is 15.2 Å². The van der Waals surface area contributed by atoms with Crippen molar-refractivity contribution in [1.29, 1.82) is 0 Å². The third-order valence-electron chi connectivity index (χ3n) is 4.41. The van der Waals surface area contributed by atoms with E-state index in [1.807, 2.05) is 6.07 Å². The van der Waals surface area contributed by atoms with Gasteiger partial charge in [0.25, 0.3) is 0 Å². The predicted molar refractivity (Wildman–Crippen MR) is 75.9 cm³/mol. The summed E-state index contributed by atoms with van der Waals surface area (Å²) in [5, 5.41) is 0. The summed E-state index contributed by atoms with van der Waals surface area (Å²) in [7, 11) is 0. The SMILES string of the molecule is CC(F)c1cc2c(c(C3(N)CCCCC3)c1)OCCO2. The standard InChI is InChI=1S/C16H22FNO2/c1-11(17)12-9-13(16(18)5-3-2-4-6-16)15-14(10-12)19-7-8-20-15/h9-11H,2-8,18H2,1H3. The highest BCUT2D eigenvalue weighted by molar-refractivity contribution is 5.53. The zero-order chi connectivity index (χ0) is 14.2. The molecule has 2 N–H and O–H groups in total. The summed E-state index contributed by atoms with van der Waals surface area (Å²) in [6, 6.07) is 3.62. The maximum absolute atomic E-state index is 13.7. The lowest BCUT2D eigenvalue weighted by atomic mass is 9.76. The van der Waals surface area contributed by atoms with E-state index in [1.54, 1.807) is 13.0 Å². The number of hydrogen-bond donors (Lipinski definition) is 1. The van der Waals surface area contributed by atoms with Crippen molar-refractivity contribution in [2.75, 3.05) is 13.2 Å². The Morgan fingerprint density at radius 3 is 2.55 bits per heavy atom. The third kappa shape index (κ3) is 2.37. The van der Waals surface area contributed by atoms with Crippen LogP contribution in [0.4, 0.5) is 4.39 Å². The van der Waals surface area contributed by atoms with Crippen LogP contribution in [-0.2, 0) is 5.54 Å². The Balaban J connectivity index is 2.09. The predicted octanol–water partition coefficient (Wildman–Crippen LogP) is 3.61. The lowest BCUT2D eigenvalue weighted by Crippen LogP contribution is -2.39. The topological polar surface area (TPSA) is 44.5 Å². The lowest BCUT2D eigenvalue weighted by Gasteiger charge is -2.36. The Labute approximate surface area is 119 Å². The first-order chi connectivity index (χ1) is 9.60. The van der Waals surface area contributed by atoms with E-state index in [0.29, 0.717) is 24.5 Å². The minimum absolute atomic E-state index is 0.409. The Morgan fingerprint density at radius 2 is 1.85 bits per heavy atom. The minimum atomic E-state index is -1.03. The van der Waals surface area contributed by atoms with Gasteiger partial charge >= 0.3 is 0 Å². The third-order valence-corrected chi connectivity index (χ3v) is 4.41. The summed E-state index contributed by atoms with van der Waals surface area (Å²) in [4.78, 5) is 0. The average Bonchev–Trinajstić information content (AvgIpc) is 2.46. The molecule has 1 aromatic rings. The number of rotatable bonds is 2. The fourth-order valence-electron chi connectivity index (χ4n) is 3.23. The van der Waals surface area contributed by atoms with Gasteiger partial charge in [-0.1, -0.05) is 19.3 Å². The molecule has 1 saturated carbocycles. The molecule has 0 amide bonds. The molecule has 0 saturated heterocycles. The van der Waals surface area contributed by atoms with Gasteiger partial charge in [0, 0.05) is 11.1 Å². The van der Waals surface area contributed by atoms with Gasteiger partial charge in [-0.3, -0.25) is 0 Å². The molecule has 4 heteroatoms. The van der Waals surface area contributed by atoms with Crippen LogP contribution in [0, 0.1) is 0 Å². The molecule has 3 nitrogen and oxygen atoms in total. The van der Waals surface area contributed by atoms with Crippen LogP contribution in [0.25, 0.3) is 0 Å². The van der Waals surface area contributed by atoms with Crippen molar-refractivity contribution in [3.05, 3.63) is 23.3 Å². The van der Waals surface area contributed by atoms with Gasteiger partial charge < -0.3 is 15.2 Å². The molecule has 1 fully saturated rings. The molecule has 1 unspecified atom stereocenters. The largest absolute Gasteiger partial charge is 0.486 e. The second kappa shape index (κ2) is 5.24. The van der Waals surface area contributed by atoms with Crippen LogP contribution in [0.5, 0.6) is 11.5 Å². The molecule has 0 aromatic heterocycles. The van der Waals surface area contributed by atoms with Crippen molar-refractivity contribution in [1.82, 2.24) is 0 Å². The van der Waals surface area contributed by atoms with Gasteiger partial charge in [0.2, 0.25) is 0 Å². The number of hydrogen-bond acceptors (Lipinski definition) is 3. The first-order valence-corrected chi connectivity index (χ1v) is 7.47. The Morgan fingerprint density at radius 1 is 1.15 bits per heavy atom. The fraction of sp³-hybridized carbons (Fsp3) is 0.625. The van der Waals surface area contributed by atoms with Crippen LogP contribution in [0.15, 0.2) is 12.1 Å². The molecule has 0 radical (unpaired) electrons. The maximum Gasteiger partial charge on any atom is 0.166 e. The van der Waals surface area contributed by atoms with Gasteiger partial charge in [0.1, 0.15) is 19.4 Å². The van der Waals surface area contributed by atoms with Crippen molar-refractivity contribution in [2.45, 2.75) is 50.7 Å². The molecular formula is C16H22FNO2. The van der Waals surface area contributed by atoms with Gasteiger partial charge in [0.05, 0.1) is 0 Å². The average molecular weight is 279 g/mol. The van der Waals surface area contributed by atoms with Crippen LogP contribution in [0.3, 0.4) is 0 Å². The molecule has 0 spiro atoms. The van der Waals surface area contributed by atoms with Crippen LogP contribution in [0.1, 0.15) is 56.3 Å². The Bertz CT molecular complexity index is 495. The zero-order valence-electron chi connectivity index (χ0n) is 12.0.